The Hall–Kier alpha value is -1.29. The van der Waals surface area contributed by atoms with Crippen LogP contribution in [0.25, 0.3) is 0 Å². The van der Waals surface area contributed by atoms with Crippen molar-refractivity contribution in [3.63, 3.8) is 0 Å². The van der Waals surface area contributed by atoms with Gasteiger partial charge in [0.1, 0.15) is 5.75 Å². The van der Waals surface area contributed by atoms with Gasteiger partial charge in [-0.1, -0.05) is 41.0 Å². The molecule has 0 bridgehead atoms. The van der Waals surface area contributed by atoms with Gasteiger partial charge in [0.2, 0.25) is 0 Å². The average Bonchev–Trinajstić information content (AvgIpc) is 2.63. The highest BCUT2D eigenvalue weighted by Crippen LogP contribution is 2.35. The van der Waals surface area contributed by atoms with E-state index in [1.54, 1.807) is 0 Å². The van der Waals surface area contributed by atoms with Gasteiger partial charge in [0.15, 0.2) is 0 Å². The van der Waals surface area contributed by atoms with Crippen molar-refractivity contribution in [3.05, 3.63) is 52.1 Å². The molecule has 1 unspecified atom stereocenters. The van der Waals surface area contributed by atoms with Gasteiger partial charge in [-0.25, -0.2) is 0 Å². The number of halogens is 1. The zero-order valence-electron chi connectivity index (χ0n) is 16.3. The van der Waals surface area contributed by atoms with E-state index in [1.165, 1.54) is 42.9 Å². The molecule has 1 heterocycles. The van der Waals surface area contributed by atoms with Crippen molar-refractivity contribution in [3.8, 4) is 5.75 Å². The Kier molecular flexibility index (Phi) is 6.80. The molecule has 0 radical (unpaired) electrons. The highest BCUT2D eigenvalue weighted by molar-refractivity contribution is 6.31. The van der Waals surface area contributed by atoms with Crippen LogP contribution in [0.1, 0.15) is 38.2 Å². The van der Waals surface area contributed by atoms with Gasteiger partial charge in [0, 0.05) is 43.7 Å². The summed E-state index contributed by atoms with van der Waals surface area (Å²) in [5, 5.41) is 0.809. The molecular weight excluding hydrogens is 344 g/mol. The molecule has 1 atom stereocenters. The minimum absolute atomic E-state index is 0.373. The molecule has 26 heavy (non-hydrogen) atoms. The summed E-state index contributed by atoms with van der Waals surface area (Å²) in [6.07, 6.45) is 6.71. The lowest BCUT2D eigenvalue weighted by Gasteiger charge is -2.32. The van der Waals surface area contributed by atoms with E-state index in [4.69, 9.17) is 16.3 Å². The number of allylic oxidation sites excluding steroid dienone is 4. The van der Waals surface area contributed by atoms with Crippen LogP contribution in [0, 0.1) is 0 Å². The van der Waals surface area contributed by atoms with E-state index < -0.39 is 0 Å². The van der Waals surface area contributed by atoms with Crippen LogP contribution in [0.4, 0.5) is 0 Å². The number of nitrogens with zero attached hydrogens (tertiary/aromatic N) is 2. The van der Waals surface area contributed by atoms with Crippen LogP contribution in [0.3, 0.4) is 0 Å². The quantitative estimate of drug-likeness (QED) is 0.669. The largest absolute Gasteiger partial charge is 0.493 e. The molecule has 1 aromatic rings. The van der Waals surface area contributed by atoms with E-state index >= 15 is 0 Å². The van der Waals surface area contributed by atoms with Crippen molar-refractivity contribution in [1.29, 1.82) is 0 Å². The predicted molar refractivity (Wildman–Crippen MR) is 110 cm³/mol. The Bertz CT molecular complexity index is 675. The second-order valence-corrected chi connectivity index (χ2v) is 8.02. The predicted octanol–water partition coefficient (Wildman–Crippen LogP) is 4.74. The maximum absolute atomic E-state index is 6.55. The van der Waals surface area contributed by atoms with Crippen molar-refractivity contribution in [2.45, 2.75) is 32.6 Å². The molecule has 1 aliphatic heterocycles. The molecule has 0 spiro atoms. The first-order chi connectivity index (χ1) is 12.5. The van der Waals surface area contributed by atoms with E-state index in [2.05, 4.69) is 55.0 Å². The van der Waals surface area contributed by atoms with E-state index in [9.17, 15) is 0 Å². The second kappa shape index (κ2) is 9.07. The first-order valence-electron chi connectivity index (χ1n) is 9.71. The summed E-state index contributed by atoms with van der Waals surface area (Å²) in [7, 11) is 2.19. The lowest BCUT2D eigenvalue weighted by molar-refractivity contribution is 0.145. The van der Waals surface area contributed by atoms with Crippen LogP contribution in [-0.4, -0.2) is 56.2 Å². The third kappa shape index (κ3) is 5.12. The number of ether oxygens (including phenoxy) is 1. The summed E-state index contributed by atoms with van der Waals surface area (Å²) in [4.78, 5) is 4.91. The monoisotopic (exact) mass is 374 g/mol. The van der Waals surface area contributed by atoms with Gasteiger partial charge in [-0.05, 0) is 51.4 Å². The van der Waals surface area contributed by atoms with Gasteiger partial charge in [-0.15, -0.1) is 0 Å². The average molecular weight is 375 g/mol. The minimum Gasteiger partial charge on any atom is -0.493 e. The second-order valence-electron chi connectivity index (χ2n) is 7.61. The van der Waals surface area contributed by atoms with E-state index in [-0.39, 0.29) is 0 Å². The molecule has 1 aliphatic carbocycles. The van der Waals surface area contributed by atoms with Crippen molar-refractivity contribution in [2.24, 2.45) is 0 Å². The molecule has 0 saturated carbocycles. The molecule has 0 N–H and O–H groups in total. The molecule has 3 nitrogen and oxygen atoms in total. The molecule has 3 rings (SSSR count). The minimum atomic E-state index is 0.373. The summed E-state index contributed by atoms with van der Waals surface area (Å²) in [5.74, 6) is 1.25. The Morgan fingerprint density at radius 3 is 2.58 bits per heavy atom. The standard InChI is InChI=1S/C22H31ClN2O/c1-17-5-6-19(15-18(17)2)21-8-7-20(16-22(21)23)26-14-4-9-25-12-10-24(3)11-13-25/h5,7-8,15-16,19H,4,6,9-14H2,1-3H3. The molecule has 142 valence electrons. The van der Waals surface area contributed by atoms with Gasteiger partial charge in [-0.2, -0.15) is 0 Å². The number of rotatable bonds is 6. The Balaban J connectivity index is 1.47. The zero-order chi connectivity index (χ0) is 18.5. The first-order valence-corrected chi connectivity index (χ1v) is 10.1. The van der Waals surface area contributed by atoms with Gasteiger partial charge in [-0.3, -0.25) is 0 Å². The van der Waals surface area contributed by atoms with Crippen molar-refractivity contribution < 1.29 is 4.74 Å². The number of hydrogen-bond acceptors (Lipinski definition) is 3. The fraction of sp³-hybridized carbons (Fsp3) is 0.545. The highest BCUT2D eigenvalue weighted by atomic mass is 35.5. The van der Waals surface area contributed by atoms with E-state index in [0.29, 0.717) is 5.92 Å². The van der Waals surface area contributed by atoms with Crippen LogP contribution < -0.4 is 4.74 Å². The third-order valence-corrected chi connectivity index (χ3v) is 5.93. The summed E-state index contributed by atoms with van der Waals surface area (Å²) >= 11 is 6.55. The number of benzene rings is 1. The molecule has 1 saturated heterocycles. The molecule has 0 amide bonds. The van der Waals surface area contributed by atoms with Gasteiger partial charge in [0.05, 0.1) is 6.61 Å². The molecular formula is C22H31ClN2O. The molecule has 1 aromatic carbocycles. The van der Waals surface area contributed by atoms with Gasteiger partial charge >= 0.3 is 0 Å². The lowest BCUT2D eigenvalue weighted by Crippen LogP contribution is -2.44. The SMILES string of the molecule is CC1=CCC(c2ccc(OCCCN3CCN(C)CC3)cc2Cl)C=C1C. The summed E-state index contributed by atoms with van der Waals surface area (Å²) in [6.45, 7) is 10.9. The maximum Gasteiger partial charge on any atom is 0.120 e. The van der Waals surface area contributed by atoms with E-state index in [1.807, 2.05) is 6.07 Å². The Morgan fingerprint density at radius 1 is 1.12 bits per heavy atom. The van der Waals surface area contributed by atoms with Crippen molar-refractivity contribution in [1.82, 2.24) is 9.80 Å². The molecule has 1 fully saturated rings. The molecule has 2 aliphatic rings. The zero-order valence-corrected chi connectivity index (χ0v) is 17.1. The summed E-state index contributed by atoms with van der Waals surface area (Å²) < 4.78 is 5.93. The normalized spacial score (nSPS) is 22.1. The Morgan fingerprint density at radius 2 is 1.88 bits per heavy atom. The number of hydrogen-bond donors (Lipinski definition) is 0. The van der Waals surface area contributed by atoms with Crippen LogP contribution >= 0.6 is 11.6 Å². The Labute approximate surface area is 163 Å². The lowest BCUT2D eigenvalue weighted by atomic mass is 9.87. The molecule has 4 heteroatoms. The van der Waals surface area contributed by atoms with E-state index in [0.717, 1.165) is 36.8 Å². The number of piperazine rings is 1. The maximum atomic E-state index is 6.55. The highest BCUT2D eigenvalue weighted by Gasteiger charge is 2.16. The first kappa shape index (κ1) is 19.5. The van der Waals surface area contributed by atoms with Crippen LogP contribution in [-0.2, 0) is 0 Å². The fourth-order valence-electron chi connectivity index (χ4n) is 3.63. The van der Waals surface area contributed by atoms with Gasteiger partial charge < -0.3 is 14.5 Å². The van der Waals surface area contributed by atoms with Crippen molar-refractivity contribution in [2.75, 3.05) is 46.4 Å². The van der Waals surface area contributed by atoms with Crippen molar-refractivity contribution >= 4 is 11.6 Å². The van der Waals surface area contributed by atoms with Crippen LogP contribution in [0.5, 0.6) is 5.75 Å². The fourth-order valence-corrected chi connectivity index (χ4v) is 3.94. The number of likely N-dealkylation sites (N-methyl/N-ethyl adjacent to an activating group) is 1. The molecule has 0 aromatic heterocycles. The van der Waals surface area contributed by atoms with Gasteiger partial charge in [0.25, 0.3) is 0 Å². The summed E-state index contributed by atoms with van der Waals surface area (Å²) in [5.41, 5.74) is 3.92. The van der Waals surface area contributed by atoms with Crippen LogP contribution in [0.15, 0.2) is 41.5 Å². The smallest absolute Gasteiger partial charge is 0.120 e. The van der Waals surface area contributed by atoms with Crippen LogP contribution in [0.2, 0.25) is 5.02 Å². The topological polar surface area (TPSA) is 15.7 Å². The third-order valence-electron chi connectivity index (χ3n) is 5.61. The summed E-state index contributed by atoms with van der Waals surface area (Å²) in [6, 6.07) is 6.16.